The summed E-state index contributed by atoms with van der Waals surface area (Å²) in [5.74, 6) is 1.07. The van der Waals surface area contributed by atoms with E-state index in [9.17, 15) is 4.79 Å². The highest BCUT2D eigenvalue weighted by molar-refractivity contribution is 5.97. The topological polar surface area (TPSA) is 20.3 Å². The molecular formula is C20H31NO. The van der Waals surface area contributed by atoms with Gasteiger partial charge in [-0.2, -0.15) is 0 Å². The molecule has 0 bridgehead atoms. The minimum absolute atomic E-state index is 0.0883. The molecule has 0 amide bonds. The van der Waals surface area contributed by atoms with Gasteiger partial charge in [-0.15, -0.1) is 0 Å². The summed E-state index contributed by atoms with van der Waals surface area (Å²) in [6, 6.07) is 6.35. The van der Waals surface area contributed by atoms with Crippen LogP contribution in [0.5, 0.6) is 0 Å². The minimum atomic E-state index is 0.0883. The van der Waals surface area contributed by atoms with Crippen LogP contribution in [0.3, 0.4) is 0 Å². The van der Waals surface area contributed by atoms with Crippen LogP contribution in [0.4, 0.5) is 0 Å². The van der Waals surface area contributed by atoms with Crippen LogP contribution in [0.1, 0.15) is 68.4 Å². The summed E-state index contributed by atoms with van der Waals surface area (Å²) in [4.78, 5) is 15.1. The number of hydrogen-bond acceptors (Lipinski definition) is 2. The first-order chi connectivity index (χ1) is 10.3. The van der Waals surface area contributed by atoms with E-state index in [1.165, 1.54) is 18.4 Å². The summed E-state index contributed by atoms with van der Waals surface area (Å²) < 4.78 is 0. The Hall–Kier alpha value is -1.15. The van der Waals surface area contributed by atoms with Gasteiger partial charge in [0.15, 0.2) is 5.78 Å². The van der Waals surface area contributed by atoms with Gasteiger partial charge in [-0.05, 0) is 54.8 Å². The summed E-state index contributed by atoms with van der Waals surface area (Å²) in [6.07, 6.45) is 3.24. The Morgan fingerprint density at radius 1 is 1.32 bits per heavy atom. The largest absolute Gasteiger partial charge is 0.303 e. The SMILES string of the molecule is Cc1ccc(C(C)(C)C)cc1C(=O)CCN1CCCC(C)C1. The minimum Gasteiger partial charge on any atom is -0.303 e. The average molecular weight is 301 g/mol. The Morgan fingerprint density at radius 2 is 2.05 bits per heavy atom. The normalized spacial score (nSPS) is 20.1. The predicted octanol–water partition coefficient (Wildman–Crippen LogP) is 4.60. The number of ketones is 1. The fourth-order valence-electron chi connectivity index (χ4n) is 3.27. The Kier molecular flexibility index (Phi) is 5.44. The van der Waals surface area contributed by atoms with Crippen molar-refractivity contribution in [3.63, 3.8) is 0 Å². The lowest BCUT2D eigenvalue weighted by Crippen LogP contribution is -2.35. The van der Waals surface area contributed by atoms with Gasteiger partial charge < -0.3 is 4.90 Å². The van der Waals surface area contributed by atoms with Gasteiger partial charge in [-0.3, -0.25) is 4.79 Å². The third kappa shape index (κ3) is 4.42. The van der Waals surface area contributed by atoms with E-state index in [4.69, 9.17) is 0 Å². The molecule has 1 aromatic carbocycles. The van der Waals surface area contributed by atoms with Crippen molar-refractivity contribution in [2.24, 2.45) is 5.92 Å². The van der Waals surface area contributed by atoms with Gasteiger partial charge in [0.1, 0.15) is 0 Å². The maximum atomic E-state index is 12.6. The molecule has 1 saturated heterocycles. The van der Waals surface area contributed by atoms with Crippen LogP contribution in [-0.2, 0) is 5.41 Å². The molecule has 1 aromatic rings. The van der Waals surface area contributed by atoms with Crippen LogP contribution in [-0.4, -0.2) is 30.3 Å². The van der Waals surface area contributed by atoms with E-state index in [-0.39, 0.29) is 5.41 Å². The third-order valence-corrected chi connectivity index (χ3v) is 4.80. The number of hydrogen-bond donors (Lipinski definition) is 0. The second-order valence-corrected chi connectivity index (χ2v) is 8.00. The molecule has 0 spiro atoms. The fraction of sp³-hybridized carbons (Fsp3) is 0.650. The highest BCUT2D eigenvalue weighted by Gasteiger charge is 2.20. The molecule has 1 atom stereocenters. The zero-order chi connectivity index (χ0) is 16.3. The number of aryl methyl sites for hydroxylation is 1. The van der Waals surface area contributed by atoms with Crippen molar-refractivity contribution in [3.8, 4) is 0 Å². The molecule has 0 aliphatic carbocycles. The van der Waals surface area contributed by atoms with Crippen molar-refractivity contribution < 1.29 is 4.79 Å². The monoisotopic (exact) mass is 301 g/mol. The molecule has 0 saturated carbocycles. The van der Waals surface area contributed by atoms with Gasteiger partial charge in [0.2, 0.25) is 0 Å². The van der Waals surface area contributed by atoms with E-state index in [0.29, 0.717) is 12.2 Å². The lowest BCUT2D eigenvalue weighted by atomic mass is 9.84. The summed E-state index contributed by atoms with van der Waals surface area (Å²) in [5.41, 5.74) is 3.35. The van der Waals surface area contributed by atoms with Crippen LogP contribution < -0.4 is 0 Å². The molecule has 122 valence electrons. The fourth-order valence-corrected chi connectivity index (χ4v) is 3.27. The average Bonchev–Trinajstić information content (AvgIpc) is 2.44. The van der Waals surface area contributed by atoms with Crippen LogP contribution in [0, 0.1) is 12.8 Å². The lowest BCUT2D eigenvalue weighted by Gasteiger charge is -2.30. The van der Waals surface area contributed by atoms with Gasteiger partial charge in [-0.1, -0.05) is 39.8 Å². The molecule has 1 aliphatic heterocycles. The highest BCUT2D eigenvalue weighted by atomic mass is 16.1. The zero-order valence-electron chi connectivity index (χ0n) is 14.9. The summed E-state index contributed by atoms with van der Waals surface area (Å²) >= 11 is 0. The molecule has 1 unspecified atom stereocenters. The molecule has 22 heavy (non-hydrogen) atoms. The number of benzene rings is 1. The Labute approximate surface area is 135 Å². The summed E-state index contributed by atoms with van der Waals surface area (Å²) in [5, 5.41) is 0. The number of nitrogens with zero attached hydrogens (tertiary/aromatic N) is 1. The summed E-state index contributed by atoms with van der Waals surface area (Å²) in [6.45, 7) is 14.1. The zero-order valence-corrected chi connectivity index (χ0v) is 14.9. The molecule has 2 rings (SSSR count). The predicted molar refractivity (Wildman–Crippen MR) is 93.7 cm³/mol. The lowest BCUT2D eigenvalue weighted by molar-refractivity contribution is 0.0948. The number of carbonyl (C=O) groups excluding carboxylic acids is 1. The molecule has 0 aromatic heterocycles. The second-order valence-electron chi connectivity index (χ2n) is 8.00. The van der Waals surface area contributed by atoms with Crippen LogP contribution >= 0.6 is 0 Å². The first-order valence-corrected chi connectivity index (χ1v) is 8.64. The molecule has 2 nitrogen and oxygen atoms in total. The molecule has 1 aliphatic rings. The van der Waals surface area contributed by atoms with Gasteiger partial charge in [0.05, 0.1) is 0 Å². The molecule has 0 N–H and O–H groups in total. The van der Waals surface area contributed by atoms with Crippen LogP contribution in [0.2, 0.25) is 0 Å². The van der Waals surface area contributed by atoms with E-state index < -0.39 is 0 Å². The quantitative estimate of drug-likeness (QED) is 0.758. The van der Waals surface area contributed by atoms with Crippen molar-refractivity contribution in [1.82, 2.24) is 4.90 Å². The number of Topliss-reactive ketones (excluding diaryl/α,β-unsaturated/α-hetero) is 1. The standard InChI is InChI=1S/C20H31NO/c1-15-7-6-11-21(14-15)12-10-19(22)18-13-17(20(3,4)5)9-8-16(18)2/h8-9,13,15H,6-7,10-12,14H2,1-5H3. The Balaban J connectivity index is 2.03. The number of likely N-dealkylation sites (tertiary alicyclic amines) is 1. The smallest absolute Gasteiger partial charge is 0.164 e. The molecular weight excluding hydrogens is 270 g/mol. The number of carbonyl (C=O) groups is 1. The van der Waals surface area contributed by atoms with Gasteiger partial charge in [0.25, 0.3) is 0 Å². The summed E-state index contributed by atoms with van der Waals surface area (Å²) in [7, 11) is 0. The van der Waals surface area contributed by atoms with E-state index >= 15 is 0 Å². The van der Waals surface area contributed by atoms with Gasteiger partial charge >= 0.3 is 0 Å². The van der Waals surface area contributed by atoms with Crippen LogP contribution in [0.25, 0.3) is 0 Å². The van der Waals surface area contributed by atoms with Crippen molar-refractivity contribution in [2.75, 3.05) is 19.6 Å². The van der Waals surface area contributed by atoms with Crippen molar-refractivity contribution in [3.05, 3.63) is 34.9 Å². The number of rotatable bonds is 4. The van der Waals surface area contributed by atoms with E-state index in [1.807, 2.05) is 6.92 Å². The first kappa shape index (κ1) is 17.2. The van der Waals surface area contributed by atoms with Gasteiger partial charge in [-0.25, -0.2) is 0 Å². The maximum Gasteiger partial charge on any atom is 0.164 e. The van der Waals surface area contributed by atoms with Crippen molar-refractivity contribution in [1.29, 1.82) is 0 Å². The van der Waals surface area contributed by atoms with E-state index in [2.05, 4.69) is 50.8 Å². The first-order valence-electron chi connectivity index (χ1n) is 8.64. The highest BCUT2D eigenvalue weighted by Crippen LogP contribution is 2.25. The van der Waals surface area contributed by atoms with Crippen molar-refractivity contribution in [2.45, 2.75) is 59.3 Å². The molecule has 1 heterocycles. The number of piperidine rings is 1. The molecule has 2 heteroatoms. The van der Waals surface area contributed by atoms with Crippen LogP contribution in [0.15, 0.2) is 18.2 Å². The van der Waals surface area contributed by atoms with E-state index in [1.54, 1.807) is 0 Å². The third-order valence-electron chi connectivity index (χ3n) is 4.80. The van der Waals surface area contributed by atoms with E-state index in [0.717, 1.165) is 36.7 Å². The maximum absolute atomic E-state index is 12.6. The second kappa shape index (κ2) is 6.95. The Morgan fingerprint density at radius 3 is 2.68 bits per heavy atom. The van der Waals surface area contributed by atoms with Crippen molar-refractivity contribution >= 4 is 5.78 Å². The molecule has 0 radical (unpaired) electrons. The van der Waals surface area contributed by atoms with Gasteiger partial charge in [0, 0.05) is 25.1 Å². The molecule has 1 fully saturated rings. The Bertz CT molecular complexity index is 527.